The van der Waals surface area contributed by atoms with Crippen molar-refractivity contribution in [3.05, 3.63) is 54.6 Å². The van der Waals surface area contributed by atoms with Gasteiger partial charge in [0.2, 0.25) is 0 Å². The monoisotopic (exact) mass is 260 g/mol. The molecule has 0 unspecified atom stereocenters. The molecule has 0 radical (unpaired) electrons. The van der Waals surface area contributed by atoms with Crippen molar-refractivity contribution in [3.8, 4) is 12.3 Å². The van der Waals surface area contributed by atoms with E-state index in [0.717, 1.165) is 0 Å². The number of fused-ring (bicyclic) bond motifs is 2. The van der Waals surface area contributed by atoms with E-state index in [-0.39, 0.29) is 0 Å². The Labute approximate surface area is 120 Å². The number of hydrogen-bond acceptors (Lipinski definition) is 0. The van der Waals surface area contributed by atoms with Crippen molar-refractivity contribution in [3.63, 3.8) is 0 Å². The van der Waals surface area contributed by atoms with Crippen molar-refractivity contribution in [2.75, 3.05) is 20.6 Å². The Kier molecular flexibility index (Phi) is 2.97. The second-order valence-electron chi connectivity index (χ2n) is 5.78. The quantitative estimate of drug-likeness (QED) is 0.368. The lowest BCUT2D eigenvalue weighted by Crippen LogP contribution is -2.40. The van der Waals surface area contributed by atoms with Crippen LogP contribution in [-0.2, 0) is 0 Å². The van der Waals surface area contributed by atoms with Crippen LogP contribution in [0.5, 0.6) is 0 Å². The molecule has 3 aromatic rings. The van der Waals surface area contributed by atoms with Crippen LogP contribution < -0.4 is 4.48 Å². The van der Waals surface area contributed by atoms with E-state index in [1.165, 1.54) is 27.2 Å². The predicted molar refractivity (Wildman–Crippen MR) is 88.8 cm³/mol. The van der Waals surface area contributed by atoms with E-state index in [1.807, 2.05) is 0 Å². The summed E-state index contributed by atoms with van der Waals surface area (Å²) in [4.78, 5) is 0. The van der Waals surface area contributed by atoms with Gasteiger partial charge in [-0.3, -0.25) is 4.48 Å². The molecule has 1 nitrogen and oxygen atoms in total. The Bertz CT molecular complexity index is 822. The highest BCUT2D eigenvalue weighted by molar-refractivity contribution is 5.99. The number of quaternary nitrogens is 1. The van der Waals surface area contributed by atoms with Gasteiger partial charge in [0.05, 0.1) is 14.1 Å². The van der Waals surface area contributed by atoms with Crippen LogP contribution in [0.2, 0.25) is 0 Å². The van der Waals surface area contributed by atoms with Crippen LogP contribution in [0.3, 0.4) is 0 Å². The van der Waals surface area contributed by atoms with Crippen molar-refractivity contribution in [2.24, 2.45) is 0 Å². The summed E-state index contributed by atoms with van der Waals surface area (Å²) in [6.45, 7) is 0.694. The van der Waals surface area contributed by atoms with E-state index in [4.69, 9.17) is 6.42 Å². The largest absolute Gasteiger partial charge is 0.286 e. The smallest absolute Gasteiger partial charge is 0.144 e. The number of terminal acetylenes is 1. The summed E-state index contributed by atoms with van der Waals surface area (Å²) < 4.78 is 0.708. The van der Waals surface area contributed by atoms with Crippen LogP contribution in [0, 0.1) is 12.3 Å². The van der Waals surface area contributed by atoms with E-state index in [9.17, 15) is 0 Å². The molecule has 0 spiro atoms. The van der Waals surface area contributed by atoms with Crippen molar-refractivity contribution in [1.29, 1.82) is 0 Å². The van der Waals surface area contributed by atoms with E-state index in [0.29, 0.717) is 11.0 Å². The Morgan fingerprint density at radius 3 is 2.10 bits per heavy atom. The van der Waals surface area contributed by atoms with Gasteiger partial charge in [0.1, 0.15) is 12.2 Å². The van der Waals surface area contributed by atoms with Crippen LogP contribution in [0.25, 0.3) is 21.5 Å². The van der Waals surface area contributed by atoms with Gasteiger partial charge >= 0.3 is 0 Å². The molecule has 1 heteroatoms. The number of hydrogen-bond donors (Lipinski definition) is 0. The van der Waals surface area contributed by atoms with Gasteiger partial charge in [-0.1, -0.05) is 24.3 Å². The van der Waals surface area contributed by atoms with E-state index in [2.05, 4.69) is 74.6 Å². The molecule has 0 aromatic heterocycles. The average molecular weight is 260 g/mol. The zero-order valence-electron chi connectivity index (χ0n) is 11.9. The topological polar surface area (TPSA) is 0 Å². The molecule has 0 aliphatic heterocycles. The molecule has 0 aliphatic carbocycles. The van der Waals surface area contributed by atoms with Gasteiger partial charge in [0, 0.05) is 6.07 Å². The third-order valence-corrected chi connectivity index (χ3v) is 3.87. The minimum absolute atomic E-state index is 0.694. The maximum absolute atomic E-state index is 5.47. The summed E-state index contributed by atoms with van der Waals surface area (Å²) in [5.74, 6) is 2.76. The van der Waals surface area contributed by atoms with Gasteiger partial charge in [0.25, 0.3) is 0 Å². The number of nitrogens with zero attached hydrogens (tertiary/aromatic N) is 1. The third kappa shape index (κ3) is 2.15. The Hall–Kier alpha value is -2.30. The minimum atomic E-state index is 0.694. The first-order valence-corrected chi connectivity index (χ1v) is 6.80. The molecular formula is C19H18N+. The fourth-order valence-electron chi connectivity index (χ4n) is 2.62. The van der Waals surface area contributed by atoms with Crippen LogP contribution in [0.1, 0.15) is 0 Å². The van der Waals surface area contributed by atoms with Crippen LogP contribution in [-0.4, -0.2) is 20.6 Å². The number of benzene rings is 3. The van der Waals surface area contributed by atoms with Crippen molar-refractivity contribution in [2.45, 2.75) is 0 Å². The van der Waals surface area contributed by atoms with Gasteiger partial charge in [-0.25, -0.2) is 0 Å². The molecule has 0 bridgehead atoms. The maximum Gasteiger partial charge on any atom is 0.144 e. The zero-order valence-corrected chi connectivity index (χ0v) is 11.9. The molecule has 98 valence electrons. The van der Waals surface area contributed by atoms with E-state index >= 15 is 0 Å². The molecule has 0 saturated carbocycles. The Morgan fingerprint density at radius 2 is 1.45 bits per heavy atom. The maximum atomic E-state index is 5.47. The summed E-state index contributed by atoms with van der Waals surface area (Å²) in [5.41, 5.74) is 1.24. The van der Waals surface area contributed by atoms with E-state index in [1.54, 1.807) is 0 Å². The summed E-state index contributed by atoms with van der Waals surface area (Å²) in [6.07, 6.45) is 5.47. The van der Waals surface area contributed by atoms with Gasteiger partial charge in [-0.15, -0.1) is 6.42 Å². The summed E-state index contributed by atoms with van der Waals surface area (Å²) in [5, 5.41) is 5.10. The van der Waals surface area contributed by atoms with Crippen molar-refractivity contribution < 1.29 is 0 Å². The first-order chi connectivity index (χ1) is 9.60. The summed E-state index contributed by atoms with van der Waals surface area (Å²) in [6, 6.07) is 19.6. The Balaban J connectivity index is 2.20. The lowest BCUT2D eigenvalue weighted by atomic mass is 10.0. The highest BCUT2D eigenvalue weighted by Crippen LogP contribution is 2.28. The normalized spacial score (nSPS) is 11.7. The summed E-state index contributed by atoms with van der Waals surface area (Å²) >= 11 is 0. The first-order valence-electron chi connectivity index (χ1n) is 6.80. The zero-order chi connectivity index (χ0) is 14.2. The fraction of sp³-hybridized carbons (Fsp3) is 0.158. The van der Waals surface area contributed by atoms with Gasteiger partial charge in [-0.2, -0.15) is 0 Å². The SMILES string of the molecule is C#CC[N+](C)(C)c1ccc2cc3ccccc3cc2c1. The summed E-state index contributed by atoms with van der Waals surface area (Å²) in [7, 11) is 4.28. The van der Waals surface area contributed by atoms with Gasteiger partial charge in [-0.05, 0) is 51.7 Å². The number of rotatable bonds is 2. The van der Waals surface area contributed by atoms with E-state index < -0.39 is 0 Å². The lowest BCUT2D eigenvalue weighted by molar-refractivity contribution is 0.449. The predicted octanol–water partition coefficient (Wildman–Crippen LogP) is 4.19. The van der Waals surface area contributed by atoms with Crippen LogP contribution in [0.15, 0.2) is 54.6 Å². The highest BCUT2D eigenvalue weighted by Gasteiger charge is 2.17. The molecule has 0 fully saturated rings. The van der Waals surface area contributed by atoms with Gasteiger partial charge < -0.3 is 0 Å². The third-order valence-electron chi connectivity index (χ3n) is 3.87. The van der Waals surface area contributed by atoms with Crippen molar-refractivity contribution in [1.82, 2.24) is 4.48 Å². The van der Waals surface area contributed by atoms with Crippen LogP contribution in [0.4, 0.5) is 5.69 Å². The molecule has 0 N–H and O–H groups in total. The molecule has 3 rings (SSSR count). The molecule has 0 atom stereocenters. The lowest BCUT2D eigenvalue weighted by Gasteiger charge is -2.27. The highest BCUT2D eigenvalue weighted by atomic mass is 15.3. The van der Waals surface area contributed by atoms with Crippen molar-refractivity contribution >= 4 is 27.2 Å². The molecule has 20 heavy (non-hydrogen) atoms. The standard InChI is InChI=1S/C19H18N/c1-4-11-20(2,3)19-10-9-17-12-15-7-5-6-8-16(15)13-18(17)14-19/h1,5-10,12-14H,11H2,2-3H3/q+1. The van der Waals surface area contributed by atoms with Gasteiger partial charge in [0.15, 0.2) is 0 Å². The molecule has 0 aliphatic rings. The average Bonchev–Trinajstić information content (AvgIpc) is 2.44. The Morgan fingerprint density at radius 1 is 0.850 bits per heavy atom. The first kappa shape index (κ1) is 12.7. The fourth-order valence-corrected chi connectivity index (χ4v) is 2.62. The molecular weight excluding hydrogens is 242 g/mol. The minimum Gasteiger partial charge on any atom is -0.286 e. The van der Waals surface area contributed by atoms with Crippen LogP contribution >= 0.6 is 0 Å². The second kappa shape index (κ2) is 4.67. The second-order valence-corrected chi connectivity index (χ2v) is 5.78. The molecule has 3 aromatic carbocycles. The molecule has 0 heterocycles. The molecule has 0 amide bonds. The molecule has 0 saturated heterocycles.